The van der Waals surface area contributed by atoms with Crippen LogP contribution < -0.4 is 0 Å². The molecule has 1 aromatic heterocycles. The van der Waals surface area contributed by atoms with Gasteiger partial charge in [0.15, 0.2) is 4.60 Å². The molecule has 2 unspecified atom stereocenters. The largest absolute Gasteiger partial charge is 0.375 e. The molecule has 0 aliphatic carbocycles. The smallest absolute Gasteiger partial charge is 0.263 e. The number of hydrogen-bond donors (Lipinski definition) is 0. The fraction of sp³-hybridized carbons (Fsp3) is 0.800. The van der Waals surface area contributed by atoms with Crippen molar-refractivity contribution in [3.05, 3.63) is 4.60 Å². The van der Waals surface area contributed by atoms with Crippen LogP contribution in [-0.2, 0) is 21.8 Å². The first-order valence-electron chi connectivity index (χ1n) is 6.06. The van der Waals surface area contributed by atoms with E-state index in [9.17, 15) is 8.42 Å². The Kier molecular flexibility index (Phi) is 4.29. The molecule has 0 N–H and O–H groups in total. The summed E-state index contributed by atoms with van der Waals surface area (Å²) in [6.07, 6.45) is 0.590. The SMILES string of the molecule is CCC1COC(C)CN1S(=O)(=O)c1c(Br)nnn1C. The molecule has 19 heavy (non-hydrogen) atoms. The summed E-state index contributed by atoms with van der Waals surface area (Å²) in [7, 11) is -2.06. The minimum absolute atomic E-state index is 0.0834. The van der Waals surface area contributed by atoms with Gasteiger partial charge in [0.2, 0.25) is 5.03 Å². The first kappa shape index (κ1) is 14.9. The van der Waals surface area contributed by atoms with Crippen molar-refractivity contribution in [3.63, 3.8) is 0 Å². The average molecular weight is 353 g/mol. The van der Waals surface area contributed by atoms with Gasteiger partial charge in [0.1, 0.15) is 0 Å². The van der Waals surface area contributed by atoms with Gasteiger partial charge in [0.05, 0.1) is 12.7 Å². The molecule has 0 saturated carbocycles. The molecule has 1 aromatic rings. The van der Waals surface area contributed by atoms with Crippen LogP contribution in [0.2, 0.25) is 0 Å². The van der Waals surface area contributed by atoms with E-state index in [1.54, 1.807) is 7.05 Å². The second-order valence-corrected chi connectivity index (χ2v) is 7.15. The van der Waals surface area contributed by atoms with Crippen molar-refractivity contribution in [2.45, 2.75) is 37.4 Å². The molecular formula is C10H17BrN4O3S. The zero-order valence-corrected chi connectivity index (χ0v) is 13.5. The second-order valence-electron chi connectivity index (χ2n) is 4.59. The van der Waals surface area contributed by atoms with Crippen molar-refractivity contribution in [1.29, 1.82) is 0 Å². The van der Waals surface area contributed by atoms with Crippen LogP contribution in [0, 0.1) is 0 Å². The Hall–Kier alpha value is -0.510. The molecule has 0 spiro atoms. The number of ether oxygens (including phenoxy) is 1. The lowest BCUT2D eigenvalue weighted by Gasteiger charge is -2.36. The van der Waals surface area contributed by atoms with Crippen LogP contribution in [0.5, 0.6) is 0 Å². The highest BCUT2D eigenvalue weighted by molar-refractivity contribution is 9.10. The molecule has 2 heterocycles. The van der Waals surface area contributed by atoms with Crippen molar-refractivity contribution in [2.24, 2.45) is 7.05 Å². The van der Waals surface area contributed by atoms with Gasteiger partial charge < -0.3 is 4.74 Å². The third-order valence-electron chi connectivity index (χ3n) is 3.18. The van der Waals surface area contributed by atoms with E-state index in [0.29, 0.717) is 19.6 Å². The van der Waals surface area contributed by atoms with Gasteiger partial charge in [-0.05, 0) is 29.3 Å². The van der Waals surface area contributed by atoms with Crippen LogP contribution >= 0.6 is 15.9 Å². The molecule has 2 atom stereocenters. The van der Waals surface area contributed by atoms with Gasteiger partial charge in [-0.25, -0.2) is 13.1 Å². The number of hydrogen-bond acceptors (Lipinski definition) is 5. The molecule has 1 aliphatic heterocycles. The maximum atomic E-state index is 12.7. The predicted molar refractivity (Wildman–Crippen MR) is 72.1 cm³/mol. The molecular weight excluding hydrogens is 336 g/mol. The summed E-state index contributed by atoms with van der Waals surface area (Å²) in [5.41, 5.74) is 0. The summed E-state index contributed by atoms with van der Waals surface area (Å²) >= 11 is 3.14. The molecule has 1 fully saturated rings. The first-order valence-corrected chi connectivity index (χ1v) is 8.29. The quantitative estimate of drug-likeness (QED) is 0.802. The monoisotopic (exact) mass is 352 g/mol. The van der Waals surface area contributed by atoms with E-state index in [-0.39, 0.29) is 21.8 Å². The highest BCUT2D eigenvalue weighted by Gasteiger charge is 2.38. The molecule has 0 aromatic carbocycles. The topological polar surface area (TPSA) is 77.3 Å². The Labute approximate surface area is 121 Å². The number of sulfonamides is 1. The molecule has 1 saturated heterocycles. The van der Waals surface area contributed by atoms with Gasteiger partial charge in [-0.2, -0.15) is 4.31 Å². The van der Waals surface area contributed by atoms with Gasteiger partial charge in [-0.3, -0.25) is 0 Å². The number of halogens is 1. The average Bonchev–Trinajstić information content (AvgIpc) is 2.69. The van der Waals surface area contributed by atoms with Gasteiger partial charge >= 0.3 is 0 Å². The molecule has 2 rings (SSSR count). The summed E-state index contributed by atoms with van der Waals surface area (Å²) in [4.78, 5) is 0. The maximum absolute atomic E-state index is 12.7. The summed E-state index contributed by atoms with van der Waals surface area (Å²) < 4.78 is 34.0. The summed E-state index contributed by atoms with van der Waals surface area (Å²) in [6, 6.07) is -0.150. The minimum atomic E-state index is -3.63. The molecule has 0 amide bonds. The van der Waals surface area contributed by atoms with Crippen LogP contribution in [0.25, 0.3) is 0 Å². The van der Waals surface area contributed by atoms with E-state index in [1.807, 2.05) is 13.8 Å². The highest BCUT2D eigenvalue weighted by Crippen LogP contribution is 2.27. The fourth-order valence-corrected chi connectivity index (χ4v) is 4.93. The number of nitrogens with zero attached hydrogens (tertiary/aromatic N) is 4. The Morgan fingerprint density at radius 3 is 2.74 bits per heavy atom. The van der Waals surface area contributed by atoms with Crippen molar-refractivity contribution < 1.29 is 13.2 Å². The molecule has 0 radical (unpaired) electrons. The van der Waals surface area contributed by atoms with Crippen LogP contribution in [0.4, 0.5) is 0 Å². The third-order valence-corrected chi connectivity index (χ3v) is 5.99. The van der Waals surface area contributed by atoms with Crippen LogP contribution in [-0.4, -0.2) is 53.0 Å². The third kappa shape index (κ3) is 2.69. The van der Waals surface area contributed by atoms with E-state index in [2.05, 4.69) is 26.2 Å². The van der Waals surface area contributed by atoms with E-state index >= 15 is 0 Å². The second kappa shape index (κ2) is 5.47. The molecule has 1 aliphatic rings. The summed E-state index contributed by atoms with van der Waals surface area (Å²) in [6.45, 7) is 4.58. The fourth-order valence-electron chi connectivity index (χ4n) is 2.14. The van der Waals surface area contributed by atoms with Crippen LogP contribution in [0.3, 0.4) is 0 Å². The number of morpholine rings is 1. The van der Waals surface area contributed by atoms with E-state index in [0.717, 1.165) is 0 Å². The van der Waals surface area contributed by atoms with E-state index in [4.69, 9.17) is 4.74 Å². The van der Waals surface area contributed by atoms with Gasteiger partial charge in [0, 0.05) is 19.6 Å². The maximum Gasteiger partial charge on any atom is 0.263 e. The van der Waals surface area contributed by atoms with Crippen molar-refractivity contribution in [2.75, 3.05) is 13.2 Å². The molecule has 0 bridgehead atoms. The summed E-state index contributed by atoms with van der Waals surface area (Å²) in [5.74, 6) is 0. The first-order chi connectivity index (χ1) is 8.87. The number of aryl methyl sites for hydroxylation is 1. The van der Waals surface area contributed by atoms with E-state index in [1.165, 1.54) is 8.99 Å². The lowest BCUT2D eigenvalue weighted by Crippen LogP contribution is -2.51. The lowest BCUT2D eigenvalue weighted by atomic mass is 10.2. The zero-order chi connectivity index (χ0) is 14.2. The van der Waals surface area contributed by atoms with Gasteiger partial charge in [0.25, 0.3) is 10.0 Å². The Morgan fingerprint density at radius 1 is 1.53 bits per heavy atom. The standard InChI is InChI=1S/C10H17BrN4O3S/c1-4-8-6-18-7(2)5-15(8)19(16,17)10-9(11)12-13-14(10)3/h7-8H,4-6H2,1-3H3. The van der Waals surface area contributed by atoms with Gasteiger partial charge in [-0.15, -0.1) is 5.10 Å². The van der Waals surface area contributed by atoms with Crippen molar-refractivity contribution >= 4 is 26.0 Å². The van der Waals surface area contributed by atoms with Crippen LogP contribution in [0.15, 0.2) is 9.63 Å². The number of rotatable bonds is 3. The molecule has 108 valence electrons. The Balaban J connectivity index is 2.43. The normalized spacial score (nSPS) is 25.7. The number of aromatic nitrogens is 3. The highest BCUT2D eigenvalue weighted by atomic mass is 79.9. The minimum Gasteiger partial charge on any atom is -0.375 e. The van der Waals surface area contributed by atoms with Crippen molar-refractivity contribution in [3.8, 4) is 0 Å². The predicted octanol–water partition coefficient (Wildman–Crippen LogP) is 0.766. The lowest BCUT2D eigenvalue weighted by molar-refractivity contribution is -0.0232. The summed E-state index contributed by atoms with van der Waals surface area (Å²) in [5, 5.41) is 7.55. The van der Waals surface area contributed by atoms with Crippen molar-refractivity contribution in [1.82, 2.24) is 19.3 Å². The zero-order valence-electron chi connectivity index (χ0n) is 11.1. The van der Waals surface area contributed by atoms with Crippen LogP contribution in [0.1, 0.15) is 20.3 Å². The molecule has 9 heteroatoms. The Morgan fingerprint density at radius 2 is 2.21 bits per heavy atom. The van der Waals surface area contributed by atoms with Gasteiger partial charge in [-0.1, -0.05) is 12.1 Å². The Bertz CT molecular complexity index is 540. The van der Waals surface area contributed by atoms with E-state index < -0.39 is 10.0 Å². The molecule has 7 nitrogen and oxygen atoms in total.